The van der Waals surface area contributed by atoms with E-state index in [4.69, 9.17) is 15.2 Å². The van der Waals surface area contributed by atoms with Gasteiger partial charge in [0, 0.05) is 32.8 Å². The van der Waals surface area contributed by atoms with E-state index in [1.165, 1.54) is 0 Å². The first kappa shape index (κ1) is 14.3. The summed E-state index contributed by atoms with van der Waals surface area (Å²) in [5.74, 6) is 2.05. The molecule has 2 aliphatic rings. The van der Waals surface area contributed by atoms with Crippen LogP contribution in [0, 0.1) is 5.92 Å². The van der Waals surface area contributed by atoms with E-state index in [2.05, 4.69) is 25.2 Å². The molecular weight excluding hydrogens is 272 g/mol. The molecule has 0 bridgehead atoms. The third-order valence-electron chi connectivity index (χ3n) is 3.79. The van der Waals surface area contributed by atoms with Gasteiger partial charge in [-0.3, -0.25) is 0 Å². The Labute approximate surface area is 124 Å². The first-order valence-electron chi connectivity index (χ1n) is 7.47. The maximum atomic E-state index is 5.78. The van der Waals surface area contributed by atoms with E-state index in [-0.39, 0.29) is 5.95 Å². The Balaban J connectivity index is 1.57. The number of aromatic nitrogens is 3. The third kappa shape index (κ3) is 3.92. The van der Waals surface area contributed by atoms with E-state index in [1.807, 2.05) is 0 Å². The number of anilines is 3. The summed E-state index contributed by atoms with van der Waals surface area (Å²) < 4.78 is 10.7. The average Bonchev–Trinajstić information content (AvgIpc) is 3.01. The van der Waals surface area contributed by atoms with Gasteiger partial charge < -0.3 is 25.4 Å². The molecule has 1 unspecified atom stereocenters. The molecule has 1 atom stereocenters. The van der Waals surface area contributed by atoms with Crippen molar-refractivity contribution in [2.75, 3.05) is 62.0 Å². The molecule has 2 aliphatic heterocycles. The number of morpholine rings is 1. The van der Waals surface area contributed by atoms with Crippen LogP contribution < -0.4 is 16.0 Å². The third-order valence-corrected chi connectivity index (χ3v) is 3.79. The van der Waals surface area contributed by atoms with Crippen molar-refractivity contribution >= 4 is 17.8 Å². The Kier molecular flexibility index (Phi) is 4.66. The van der Waals surface area contributed by atoms with Crippen molar-refractivity contribution in [1.82, 2.24) is 15.0 Å². The molecule has 116 valence electrons. The molecule has 2 saturated heterocycles. The summed E-state index contributed by atoms with van der Waals surface area (Å²) in [5, 5.41) is 3.24. The molecular formula is C13H22N6O2. The number of nitrogens with one attached hydrogen (secondary N) is 1. The van der Waals surface area contributed by atoms with Crippen LogP contribution in [0.15, 0.2) is 0 Å². The number of hydrogen-bond acceptors (Lipinski definition) is 8. The van der Waals surface area contributed by atoms with Gasteiger partial charge in [0.05, 0.1) is 13.2 Å². The molecule has 1 aromatic heterocycles. The molecule has 0 radical (unpaired) electrons. The molecule has 0 saturated carbocycles. The number of nitrogen functional groups attached to an aromatic ring is 1. The Morgan fingerprint density at radius 2 is 2.00 bits per heavy atom. The lowest BCUT2D eigenvalue weighted by molar-refractivity contribution is 0.122. The molecule has 0 aliphatic carbocycles. The molecule has 2 fully saturated rings. The fourth-order valence-corrected chi connectivity index (χ4v) is 2.56. The van der Waals surface area contributed by atoms with Gasteiger partial charge in [0.15, 0.2) is 0 Å². The highest BCUT2D eigenvalue weighted by Gasteiger charge is 2.17. The minimum Gasteiger partial charge on any atom is -0.381 e. The maximum Gasteiger partial charge on any atom is 0.232 e. The van der Waals surface area contributed by atoms with Crippen LogP contribution >= 0.6 is 0 Å². The molecule has 0 amide bonds. The van der Waals surface area contributed by atoms with Crippen LogP contribution in [0.4, 0.5) is 17.8 Å². The van der Waals surface area contributed by atoms with Crippen LogP contribution in [0.25, 0.3) is 0 Å². The molecule has 1 aromatic rings. The average molecular weight is 294 g/mol. The zero-order chi connectivity index (χ0) is 14.5. The van der Waals surface area contributed by atoms with Gasteiger partial charge >= 0.3 is 0 Å². The standard InChI is InChI=1S/C13H22N6O2/c14-11-16-12(15-3-1-10-2-6-21-9-10)18-13(17-11)19-4-7-20-8-5-19/h10H,1-9H2,(H3,14,15,16,17,18). The van der Waals surface area contributed by atoms with Gasteiger partial charge in [0.2, 0.25) is 17.8 Å². The Hall–Kier alpha value is -1.67. The lowest BCUT2D eigenvalue weighted by atomic mass is 10.1. The summed E-state index contributed by atoms with van der Waals surface area (Å²) in [6.07, 6.45) is 2.19. The summed E-state index contributed by atoms with van der Waals surface area (Å²) in [6.45, 7) is 5.50. The summed E-state index contributed by atoms with van der Waals surface area (Å²) in [7, 11) is 0. The van der Waals surface area contributed by atoms with Gasteiger partial charge in [-0.15, -0.1) is 0 Å². The van der Waals surface area contributed by atoms with Crippen molar-refractivity contribution in [1.29, 1.82) is 0 Å². The summed E-state index contributed by atoms with van der Waals surface area (Å²) >= 11 is 0. The molecule has 3 rings (SSSR count). The highest BCUT2D eigenvalue weighted by Crippen LogP contribution is 2.17. The van der Waals surface area contributed by atoms with Crippen molar-refractivity contribution in [2.24, 2.45) is 5.92 Å². The van der Waals surface area contributed by atoms with Gasteiger partial charge in [-0.25, -0.2) is 0 Å². The first-order chi connectivity index (χ1) is 10.3. The molecule has 3 N–H and O–H groups in total. The summed E-state index contributed by atoms with van der Waals surface area (Å²) in [4.78, 5) is 14.9. The van der Waals surface area contributed by atoms with Crippen LogP contribution in [-0.2, 0) is 9.47 Å². The highest BCUT2D eigenvalue weighted by atomic mass is 16.5. The summed E-state index contributed by atoms with van der Waals surface area (Å²) in [6, 6.07) is 0. The van der Waals surface area contributed by atoms with Gasteiger partial charge in [0.1, 0.15) is 0 Å². The second-order valence-corrected chi connectivity index (χ2v) is 5.36. The highest BCUT2D eigenvalue weighted by molar-refractivity contribution is 5.42. The number of nitrogens with two attached hydrogens (primary N) is 1. The summed E-state index contributed by atoms with van der Waals surface area (Å²) in [5.41, 5.74) is 5.78. The monoisotopic (exact) mass is 294 g/mol. The SMILES string of the molecule is Nc1nc(NCCC2CCOC2)nc(N2CCOCC2)n1. The van der Waals surface area contributed by atoms with Gasteiger partial charge in [-0.1, -0.05) is 0 Å². The lowest BCUT2D eigenvalue weighted by Gasteiger charge is -2.26. The molecule has 8 nitrogen and oxygen atoms in total. The normalized spacial score (nSPS) is 22.5. The number of hydrogen-bond donors (Lipinski definition) is 2. The topological polar surface area (TPSA) is 98.4 Å². The predicted octanol–water partition coefficient (Wildman–Crippen LogP) is 0.129. The smallest absolute Gasteiger partial charge is 0.232 e. The van der Waals surface area contributed by atoms with Crippen molar-refractivity contribution < 1.29 is 9.47 Å². The van der Waals surface area contributed by atoms with E-state index in [9.17, 15) is 0 Å². The van der Waals surface area contributed by atoms with Crippen LogP contribution in [0.2, 0.25) is 0 Å². The number of rotatable bonds is 5. The molecule has 0 spiro atoms. The largest absolute Gasteiger partial charge is 0.381 e. The van der Waals surface area contributed by atoms with Crippen LogP contribution in [0.5, 0.6) is 0 Å². The van der Waals surface area contributed by atoms with Crippen LogP contribution in [-0.4, -0.2) is 61.0 Å². The van der Waals surface area contributed by atoms with Crippen molar-refractivity contribution in [3.8, 4) is 0 Å². The molecule has 3 heterocycles. The Bertz CT molecular complexity index is 460. The van der Waals surface area contributed by atoms with E-state index < -0.39 is 0 Å². The molecule has 8 heteroatoms. The van der Waals surface area contributed by atoms with Crippen molar-refractivity contribution in [3.05, 3.63) is 0 Å². The Morgan fingerprint density at radius 3 is 2.76 bits per heavy atom. The van der Waals surface area contributed by atoms with E-state index in [1.54, 1.807) is 0 Å². The van der Waals surface area contributed by atoms with Crippen molar-refractivity contribution in [2.45, 2.75) is 12.8 Å². The van der Waals surface area contributed by atoms with E-state index >= 15 is 0 Å². The van der Waals surface area contributed by atoms with Crippen molar-refractivity contribution in [3.63, 3.8) is 0 Å². The fraction of sp³-hybridized carbons (Fsp3) is 0.769. The zero-order valence-electron chi connectivity index (χ0n) is 12.1. The van der Waals surface area contributed by atoms with Gasteiger partial charge in [0.25, 0.3) is 0 Å². The number of ether oxygens (including phenoxy) is 2. The van der Waals surface area contributed by atoms with Gasteiger partial charge in [-0.2, -0.15) is 15.0 Å². The maximum absolute atomic E-state index is 5.78. The zero-order valence-corrected chi connectivity index (χ0v) is 12.1. The minimum absolute atomic E-state index is 0.248. The second kappa shape index (κ2) is 6.86. The Morgan fingerprint density at radius 1 is 1.14 bits per heavy atom. The quantitative estimate of drug-likeness (QED) is 0.790. The fourth-order valence-electron chi connectivity index (χ4n) is 2.56. The first-order valence-corrected chi connectivity index (χ1v) is 7.47. The lowest BCUT2D eigenvalue weighted by Crippen LogP contribution is -2.37. The van der Waals surface area contributed by atoms with Gasteiger partial charge in [-0.05, 0) is 18.8 Å². The molecule has 21 heavy (non-hydrogen) atoms. The van der Waals surface area contributed by atoms with E-state index in [0.717, 1.165) is 45.7 Å². The van der Waals surface area contributed by atoms with E-state index in [0.29, 0.717) is 31.0 Å². The van der Waals surface area contributed by atoms with Crippen LogP contribution in [0.3, 0.4) is 0 Å². The minimum atomic E-state index is 0.248. The second-order valence-electron chi connectivity index (χ2n) is 5.36. The van der Waals surface area contributed by atoms with Crippen LogP contribution in [0.1, 0.15) is 12.8 Å². The predicted molar refractivity (Wildman–Crippen MR) is 79.3 cm³/mol. The molecule has 0 aromatic carbocycles. The number of nitrogens with zero attached hydrogens (tertiary/aromatic N) is 4.